The van der Waals surface area contributed by atoms with Crippen LogP contribution in [0.15, 0.2) is 197 Å². The number of carbonyl (C=O) groups is 4. The van der Waals surface area contributed by atoms with Crippen LogP contribution in [-0.2, 0) is 19.2 Å². The lowest BCUT2D eigenvalue weighted by Crippen LogP contribution is -2.28. The van der Waals surface area contributed by atoms with Crippen molar-refractivity contribution in [3.8, 4) is 103 Å². The molecule has 8 N–H and O–H groups in total. The molecule has 12 heterocycles. The predicted octanol–water partition coefficient (Wildman–Crippen LogP) is 17.1. The molecule has 16 aromatic rings. The number of halogens is 14. The Morgan fingerprint density at radius 3 is 0.902 bits per heavy atom. The van der Waals surface area contributed by atoms with E-state index in [4.69, 9.17) is 44.6 Å². The molecule has 0 spiro atoms. The minimum absolute atomic E-state index is 0.0124. The molecule has 46 heteroatoms. The summed E-state index contributed by atoms with van der Waals surface area (Å²) in [5, 5.41) is 19.6. The maximum Gasteiger partial charge on any atom is 0.298 e. The molecule has 0 radical (unpaired) electrons. The van der Waals surface area contributed by atoms with Gasteiger partial charge < -0.3 is 61.5 Å². The van der Waals surface area contributed by atoms with Crippen molar-refractivity contribution in [2.75, 3.05) is 75.3 Å². The summed E-state index contributed by atoms with van der Waals surface area (Å²) < 4.78 is 239. The van der Waals surface area contributed by atoms with Crippen LogP contribution in [0.2, 0.25) is 0 Å². The maximum atomic E-state index is 15.3. The molecule has 8 aromatic heterocycles. The van der Waals surface area contributed by atoms with Crippen LogP contribution >= 0.6 is 0 Å². The molecule has 0 bridgehead atoms. The number of nitrogen functional groups attached to an aromatic ring is 4. The lowest BCUT2D eigenvalue weighted by Gasteiger charge is -2.14. The van der Waals surface area contributed by atoms with Crippen LogP contribution in [0.3, 0.4) is 0 Å². The molecule has 4 aliphatic heterocycles. The number of aromatic nitrogens is 16. The first-order chi connectivity index (χ1) is 69.8. The van der Waals surface area contributed by atoms with Gasteiger partial charge >= 0.3 is 0 Å². The summed E-state index contributed by atoms with van der Waals surface area (Å²) in [4.78, 5) is 88.1. The van der Waals surface area contributed by atoms with Crippen LogP contribution in [0.4, 0.5) is 84.7 Å². The van der Waals surface area contributed by atoms with E-state index >= 15 is 17.6 Å². The molecule has 32 nitrogen and oxygen atoms in total. The van der Waals surface area contributed by atoms with Gasteiger partial charge in [0.1, 0.15) is 141 Å². The first-order valence-corrected chi connectivity index (χ1v) is 43.1. The van der Waals surface area contributed by atoms with Gasteiger partial charge in [0.2, 0.25) is 52.5 Å². The second kappa shape index (κ2) is 40.6. The van der Waals surface area contributed by atoms with Crippen LogP contribution in [0, 0.1) is 93.3 Å². The summed E-state index contributed by atoms with van der Waals surface area (Å²) in [5.74, 6) is -16.0. The molecule has 8 aromatic carbocycles. The van der Waals surface area contributed by atoms with Crippen molar-refractivity contribution in [2.24, 2.45) is 0 Å². The summed E-state index contributed by atoms with van der Waals surface area (Å²) in [6, 6.07) is 25.0. The van der Waals surface area contributed by atoms with Gasteiger partial charge in [-0.3, -0.25) is 19.2 Å². The zero-order chi connectivity index (χ0) is 103. The van der Waals surface area contributed by atoms with E-state index in [1.807, 2.05) is 0 Å². The van der Waals surface area contributed by atoms with Gasteiger partial charge in [0.05, 0.1) is 48.5 Å². The molecule has 143 heavy (non-hydrogen) atoms. The van der Waals surface area contributed by atoms with Crippen LogP contribution in [-0.4, -0.2) is 175 Å². The second-order valence-corrected chi connectivity index (χ2v) is 32.3. The van der Waals surface area contributed by atoms with E-state index in [1.54, 1.807) is 50.4 Å². The van der Waals surface area contributed by atoms with Gasteiger partial charge in [-0.15, -0.1) is 0 Å². The molecule has 4 aliphatic rings. The minimum Gasteiger partial charge on any atom is -0.457 e. The summed E-state index contributed by atoms with van der Waals surface area (Å²) in [7, 11) is 0. The van der Waals surface area contributed by atoms with Crippen molar-refractivity contribution in [1.82, 2.24) is 98.6 Å². The Bertz CT molecular complexity index is 7700. The Hall–Kier alpha value is -18.0. The van der Waals surface area contributed by atoms with Crippen molar-refractivity contribution in [2.45, 2.75) is 56.8 Å². The summed E-state index contributed by atoms with van der Waals surface area (Å²) in [5.41, 5.74) is 26.8. The Morgan fingerprint density at radius 1 is 0.357 bits per heavy atom. The lowest BCUT2D eigenvalue weighted by molar-refractivity contribution is -0.125. The highest BCUT2D eigenvalue weighted by atomic mass is 19.2. The Labute approximate surface area is 801 Å². The van der Waals surface area contributed by atoms with E-state index < -0.39 is 104 Å². The standard InChI is InChI=1S/C25H20F2N6O2.2C24H17F5N6O2.C24H20F2N6O2/c1-2-4-21(34)32-10-9-16(13-32)33-25-22(24(28)29-14-30-25)23(31-33)19-8-7-18(12-20(19)27)35-17-6-3-5-15(26)11-17;2*1-2-17(36)34-6-5-11(9-34)35-24-18(23(30)31-10-32-24)21(33-35)13-4-3-12(7-14(13)25)37-22-19(28)15(26)8-16(27)20(22)29;1-2-20(33)31-9-8-15(12-31)32-24-21(23(27)28-13-29-24)22(30-32)18-7-6-17(11-19(18)26)34-16-5-3-4-14(25)10-16/h3,5-8,11-12,14,16H,9-10,13H2,1H3,(H2,28,29,30);2*2-4,7-8,10-11H,1,5-6,9H2,(H2,30,31,32);2-7,10-11,13,15H,1,8-9,12H2,(H2,27,28,29)/t16-;2*11-;15-/m1111/s1/i;2*1D;. The fraction of sp³-hybridized carbons (Fsp3) is 0.175. The largest absolute Gasteiger partial charge is 0.457 e. The molecule has 4 amide bonds. The van der Waals surface area contributed by atoms with Gasteiger partial charge in [0.25, 0.3) is 5.91 Å². The maximum absolute atomic E-state index is 15.3. The number of amides is 4. The average Bonchev–Trinajstić information content (AvgIpc) is 1.61. The van der Waals surface area contributed by atoms with E-state index in [-0.39, 0.29) is 175 Å². The first kappa shape index (κ1) is 94.0. The first-order valence-electron chi connectivity index (χ1n) is 44.3. The number of carbonyl (C=O) groups excluding carboxylic acids is 4. The number of anilines is 4. The van der Waals surface area contributed by atoms with Gasteiger partial charge in [-0.05, 0) is 130 Å². The van der Waals surface area contributed by atoms with Gasteiger partial charge in [-0.25, -0.2) is 103 Å². The fourth-order valence-corrected chi connectivity index (χ4v) is 16.7. The Morgan fingerprint density at radius 2 is 0.629 bits per heavy atom. The normalized spacial score (nSPS) is 15.7. The molecule has 0 saturated carbocycles. The smallest absolute Gasteiger partial charge is 0.298 e. The highest BCUT2D eigenvalue weighted by Gasteiger charge is 2.38. The molecule has 0 aliphatic carbocycles. The van der Waals surface area contributed by atoms with Crippen molar-refractivity contribution in [1.29, 1.82) is 0 Å². The second-order valence-electron chi connectivity index (χ2n) is 32.3. The number of nitrogens with zero attached hydrogens (tertiary/aromatic N) is 20. The molecular formula is C97H74F14N24O8. The number of hydrogen-bond donors (Lipinski definition) is 4. The zero-order valence-corrected chi connectivity index (χ0v) is 74.2. The number of nitrogens with two attached hydrogens (primary N) is 4. The Kier molecular flexibility index (Phi) is 26.7. The number of ether oxygens (including phenoxy) is 4. The third-order valence-electron chi connectivity index (χ3n) is 23.5. The van der Waals surface area contributed by atoms with Gasteiger partial charge in [0, 0.05) is 123 Å². The lowest BCUT2D eigenvalue weighted by atomic mass is 10.1. The van der Waals surface area contributed by atoms with Gasteiger partial charge in [0.15, 0.2) is 45.9 Å². The third kappa shape index (κ3) is 19.6. The fourth-order valence-electron chi connectivity index (χ4n) is 16.7. The molecule has 0 unspecified atom stereocenters. The molecule has 4 atom stereocenters. The topological polar surface area (TPSA) is 397 Å². The highest BCUT2D eigenvalue weighted by molar-refractivity contribution is 6.02. The highest BCUT2D eigenvalue weighted by Crippen LogP contribution is 2.45. The van der Waals surface area contributed by atoms with Crippen LogP contribution in [0.1, 0.15) is 59.5 Å². The van der Waals surface area contributed by atoms with Crippen molar-refractivity contribution >= 4 is 91.0 Å². The van der Waals surface area contributed by atoms with Gasteiger partial charge in [-0.2, -0.15) is 38.0 Å². The molecule has 4 saturated heterocycles. The summed E-state index contributed by atoms with van der Waals surface area (Å²) in [6.07, 6.45) is 10.9. The van der Waals surface area contributed by atoms with Crippen molar-refractivity contribution in [3.05, 3.63) is 278 Å². The Balaban J connectivity index is 0.000000133. The van der Waals surface area contributed by atoms with Crippen LogP contribution < -0.4 is 41.9 Å². The van der Waals surface area contributed by atoms with Crippen LogP contribution in [0.5, 0.6) is 46.0 Å². The van der Waals surface area contributed by atoms with Crippen molar-refractivity contribution in [3.63, 3.8) is 0 Å². The number of fused-ring (bicyclic) bond motifs is 4. The van der Waals surface area contributed by atoms with Crippen LogP contribution in [0.25, 0.3) is 89.2 Å². The molecule has 728 valence electrons. The summed E-state index contributed by atoms with van der Waals surface area (Å²) in [6.45, 7) is 10.2. The SMILES string of the molecule is C=CC(=O)N1CC[C@@H](n2nc(-c3ccc(Oc4cccc(F)c4)cc3F)c3c(N)ncnc32)C1.CC#CC(=O)N1CC[C@@H](n2nc(-c3ccc(Oc4cccc(F)c4)cc3F)c3c(N)ncnc32)C1.[2H]C=CC(=O)N1CC[C@@H](n2nc(-c3ccc(Oc4c(F)c(F)cc(F)c4F)cc3F)c3c(N)ncnc32)C1.[2H]C=CC(=O)N1CC[C@@H](n2nc(-c3ccc(Oc4c(F)c(F)cc(F)c4F)cc3F)c3c(N)ncnc32)C1. The van der Waals surface area contributed by atoms with E-state index in [9.17, 15) is 63.1 Å². The number of benzene rings is 8. The predicted molar refractivity (Wildman–Crippen MR) is 491 cm³/mol. The zero-order valence-electron chi connectivity index (χ0n) is 76.2. The van der Waals surface area contributed by atoms with E-state index in [1.165, 1.54) is 123 Å². The quantitative estimate of drug-likeness (QED) is 0.0253. The van der Waals surface area contributed by atoms with Gasteiger partial charge in [-0.1, -0.05) is 37.7 Å². The number of hydrogen-bond acceptors (Lipinski definition) is 24. The summed E-state index contributed by atoms with van der Waals surface area (Å²) >= 11 is 0. The number of likely N-dealkylation sites (tertiary alicyclic amines) is 4. The molecule has 4 fully saturated rings. The van der Waals surface area contributed by atoms with E-state index in [0.29, 0.717) is 98.3 Å². The molecular weight excluding hydrogens is 1900 g/mol. The van der Waals surface area contributed by atoms with E-state index in [0.717, 1.165) is 49.5 Å². The average molecular weight is 1970 g/mol. The van der Waals surface area contributed by atoms with Crippen molar-refractivity contribution < 1.29 is 102 Å². The van der Waals surface area contributed by atoms with E-state index in [2.05, 4.69) is 78.7 Å². The minimum atomic E-state index is -1.77. The number of rotatable bonds is 19. The monoisotopic (exact) mass is 1970 g/mol. The molecule has 20 rings (SSSR count). The third-order valence-corrected chi connectivity index (χ3v) is 23.5.